The van der Waals surface area contributed by atoms with Crippen LogP contribution in [0.2, 0.25) is 0 Å². The van der Waals surface area contributed by atoms with Gasteiger partial charge < -0.3 is 10.1 Å². The molecule has 0 fully saturated rings. The molecule has 3 aromatic rings. The molecule has 7 heteroatoms. The first kappa shape index (κ1) is 20.9. The van der Waals surface area contributed by atoms with Crippen molar-refractivity contribution >= 4 is 17.7 Å². The number of carbonyl (C=O) groups excluding carboxylic acids is 1. The summed E-state index contributed by atoms with van der Waals surface area (Å²) in [7, 11) is 1.65. The summed E-state index contributed by atoms with van der Waals surface area (Å²) in [4.78, 5) is 11.8. The van der Waals surface area contributed by atoms with Gasteiger partial charge in [0.15, 0.2) is 11.0 Å². The fourth-order valence-electron chi connectivity index (χ4n) is 2.91. The zero-order valence-corrected chi connectivity index (χ0v) is 17.8. The van der Waals surface area contributed by atoms with Crippen molar-refractivity contribution in [2.24, 2.45) is 0 Å². The molecule has 0 saturated carbocycles. The minimum absolute atomic E-state index is 0.0854. The minimum Gasteiger partial charge on any atom is -0.497 e. The maximum absolute atomic E-state index is 11.8. The van der Waals surface area contributed by atoms with E-state index in [0.29, 0.717) is 6.42 Å². The van der Waals surface area contributed by atoms with Crippen LogP contribution in [0.25, 0.3) is 17.1 Å². The van der Waals surface area contributed by atoms with Crippen molar-refractivity contribution in [1.82, 2.24) is 20.1 Å². The van der Waals surface area contributed by atoms with E-state index in [2.05, 4.69) is 15.5 Å². The lowest BCUT2D eigenvalue weighted by Crippen LogP contribution is -2.29. The van der Waals surface area contributed by atoms with Crippen LogP contribution in [0.4, 0.5) is 0 Å². The van der Waals surface area contributed by atoms with Crippen molar-refractivity contribution in [2.75, 3.05) is 12.9 Å². The molecule has 0 atom stereocenters. The summed E-state index contributed by atoms with van der Waals surface area (Å²) in [6.07, 6.45) is 1.28. The zero-order chi connectivity index (χ0) is 20.6. The van der Waals surface area contributed by atoms with Crippen LogP contribution in [0.5, 0.6) is 5.75 Å². The molecule has 1 aromatic heterocycles. The van der Waals surface area contributed by atoms with Crippen molar-refractivity contribution in [3.63, 3.8) is 0 Å². The largest absolute Gasteiger partial charge is 0.497 e. The van der Waals surface area contributed by atoms with Crippen LogP contribution < -0.4 is 10.1 Å². The van der Waals surface area contributed by atoms with E-state index in [1.54, 1.807) is 18.9 Å². The number of para-hydroxylation sites is 1. The summed E-state index contributed by atoms with van der Waals surface area (Å²) in [6, 6.07) is 18.0. The van der Waals surface area contributed by atoms with E-state index in [1.807, 2.05) is 73.0 Å². The lowest BCUT2D eigenvalue weighted by molar-refractivity contribution is -0.121. The molecule has 152 valence electrons. The fourth-order valence-corrected chi connectivity index (χ4v) is 3.80. The quantitative estimate of drug-likeness (QED) is 0.420. The Morgan fingerprint density at radius 1 is 1.14 bits per heavy atom. The summed E-state index contributed by atoms with van der Waals surface area (Å²) in [6.45, 7) is 3.93. The molecule has 1 amide bonds. The SMILES string of the molecule is COc1cccc(-c2nnc(SCCCC(=O)NC(C)C)n2-c2ccccc2)c1. The number of hydrogen-bond acceptors (Lipinski definition) is 5. The van der Waals surface area contributed by atoms with Gasteiger partial charge in [-0.05, 0) is 44.5 Å². The maximum atomic E-state index is 11.8. The van der Waals surface area contributed by atoms with Crippen LogP contribution in [0, 0.1) is 0 Å². The van der Waals surface area contributed by atoms with E-state index in [1.165, 1.54) is 0 Å². The van der Waals surface area contributed by atoms with E-state index < -0.39 is 0 Å². The number of methoxy groups -OCH3 is 1. The van der Waals surface area contributed by atoms with Gasteiger partial charge in [-0.15, -0.1) is 10.2 Å². The molecule has 0 aliphatic carbocycles. The van der Waals surface area contributed by atoms with E-state index >= 15 is 0 Å². The Morgan fingerprint density at radius 3 is 2.66 bits per heavy atom. The average Bonchev–Trinajstić information content (AvgIpc) is 3.15. The second-order valence-corrected chi connectivity index (χ2v) is 7.95. The summed E-state index contributed by atoms with van der Waals surface area (Å²) in [5.74, 6) is 2.40. The smallest absolute Gasteiger partial charge is 0.220 e. The number of amides is 1. The van der Waals surface area contributed by atoms with Crippen LogP contribution in [-0.4, -0.2) is 39.6 Å². The number of carbonyl (C=O) groups is 1. The van der Waals surface area contributed by atoms with E-state index in [4.69, 9.17) is 4.74 Å². The third-order valence-corrected chi connectivity index (χ3v) is 5.22. The highest BCUT2D eigenvalue weighted by Gasteiger charge is 2.16. The van der Waals surface area contributed by atoms with Crippen LogP contribution in [0.3, 0.4) is 0 Å². The van der Waals surface area contributed by atoms with Crippen molar-refractivity contribution < 1.29 is 9.53 Å². The third kappa shape index (κ3) is 5.60. The van der Waals surface area contributed by atoms with Gasteiger partial charge in [0.2, 0.25) is 5.91 Å². The number of aromatic nitrogens is 3. The Kier molecular flexibility index (Phi) is 7.30. The Balaban J connectivity index is 1.81. The molecule has 0 aliphatic rings. The lowest BCUT2D eigenvalue weighted by atomic mass is 10.2. The first-order chi connectivity index (χ1) is 14.1. The highest BCUT2D eigenvalue weighted by Crippen LogP contribution is 2.30. The lowest BCUT2D eigenvalue weighted by Gasteiger charge is -2.11. The highest BCUT2D eigenvalue weighted by molar-refractivity contribution is 7.99. The van der Waals surface area contributed by atoms with Gasteiger partial charge in [-0.3, -0.25) is 9.36 Å². The number of rotatable bonds is 9. The zero-order valence-electron chi connectivity index (χ0n) is 17.0. The molecule has 6 nitrogen and oxygen atoms in total. The normalized spacial score (nSPS) is 10.9. The third-order valence-electron chi connectivity index (χ3n) is 4.20. The topological polar surface area (TPSA) is 69.0 Å². The molecule has 3 rings (SSSR count). The molecule has 1 heterocycles. The number of hydrogen-bond donors (Lipinski definition) is 1. The second-order valence-electron chi connectivity index (χ2n) is 6.88. The Bertz CT molecular complexity index is 941. The van der Waals surface area contributed by atoms with E-state index in [0.717, 1.165) is 40.2 Å². The summed E-state index contributed by atoms with van der Waals surface area (Å²) in [5, 5.41) is 12.6. The molecule has 1 N–H and O–H groups in total. The van der Waals surface area contributed by atoms with Crippen molar-refractivity contribution in [1.29, 1.82) is 0 Å². The number of benzene rings is 2. The molecule has 29 heavy (non-hydrogen) atoms. The van der Waals surface area contributed by atoms with Crippen molar-refractivity contribution in [3.05, 3.63) is 54.6 Å². The predicted molar refractivity (Wildman–Crippen MR) is 117 cm³/mol. The second kappa shape index (κ2) is 10.1. The monoisotopic (exact) mass is 410 g/mol. The standard InChI is InChI=1S/C22H26N4O2S/c1-16(2)23-20(27)13-8-14-29-22-25-24-21(17-9-7-12-19(15-17)28-3)26(22)18-10-5-4-6-11-18/h4-7,9-12,15-16H,8,13-14H2,1-3H3,(H,23,27). The van der Waals surface area contributed by atoms with Gasteiger partial charge in [0, 0.05) is 29.5 Å². The molecular formula is C22H26N4O2S. The van der Waals surface area contributed by atoms with Crippen LogP contribution in [0.15, 0.2) is 59.8 Å². The Hall–Kier alpha value is -2.80. The molecule has 0 bridgehead atoms. The predicted octanol–water partition coefficient (Wildman–Crippen LogP) is 4.34. The summed E-state index contributed by atoms with van der Waals surface area (Å²) < 4.78 is 7.41. The molecule has 0 spiro atoms. The van der Waals surface area contributed by atoms with Crippen molar-refractivity contribution in [3.8, 4) is 22.8 Å². The van der Waals surface area contributed by atoms with Gasteiger partial charge in [0.05, 0.1) is 7.11 Å². The summed E-state index contributed by atoms with van der Waals surface area (Å²) in [5.41, 5.74) is 1.93. The molecule has 0 unspecified atom stereocenters. The first-order valence-electron chi connectivity index (χ1n) is 9.66. The Morgan fingerprint density at radius 2 is 1.93 bits per heavy atom. The fraction of sp³-hybridized carbons (Fsp3) is 0.318. The average molecular weight is 411 g/mol. The van der Waals surface area contributed by atoms with Crippen LogP contribution in [-0.2, 0) is 4.79 Å². The molecule has 2 aromatic carbocycles. The van der Waals surface area contributed by atoms with Crippen LogP contribution in [0.1, 0.15) is 26.7 Å². The number of thioether (sulfide) groups is 1. The minimum atomic E-state index is 0.0854. The van der Waals surface area contributed by atoms with Crippen molar-refractivity contribution in [2.45, 2.75) is 37.9 Å². The van der Waals surface area contributed by atoms with Gasteiger partial charge in [-0.25, -0.2) is 0 Å². The van der Waals surface area contributed by atoms with Gasteiger partial charge in [0.1, 0.15) is 5.75 Å². The molecule has 0 radical (unpaired) electrons. The molecule has 0 saturated heterocycles. The highest BCUT2D eigenvalue weighted by atomic mass is 32.2. The van der Waals surface area contributed by atoms with Gasteiger partial charge in [0.25, 0.3) is 0 Å². The maximum Gasteiger partial charge on any atom is 0.220 e. The first-order valence-corrected chi connectivity index (χ1v) is 10.6. The molecular weight excluding hydrogens is 384 g/mol. The Labute approximate surface area is 175 Å². The van der Waals surface area contributed by atoms with Gasteiger partial charge in [-0.1, -0.05) is 42.1 Å². The van der Waals surface area contributed by atoms with E-state index in [9.17, 15) is 4.79 Å². The van der Waals surface area contributed by atoms with E-state index in [-0.39, 0.29) is 11.9 Å². The van der Waals surface area contributed by atoms with Crippen LogP contribution >= 0.6 is 11.8 Å². The van der Waals surface area contributed by atoms with Gasteiger partial charge >= 0.3 is 0 Å². The summed E-state index contributed by atoms with van der Waals surface area (Å²) >= 11 is 1.61. The number of ether oxygens (including phenoxy) is 1. The number of nitrogens with one attached hydrogen (secondary N) is 1. The van der Waals surface area contributed by atoms with Gasteiger partial charge in [-0.2, -0.15) is 0 Å². The molecule has 0 aliphatic heterocycles. The number of nitrogens with zero attached hydrogens (tertiary/aromatic N) is 3.